The lowest BCUT2D eigenvalue weighted by atomic mass is 10.2. The first-order chi connectivity index (χ1) is 10.3. The molecule has 0 spiro atoms. The van der Waals surface area contributed by atoms with Crippen LogP contribution < -0.4 is 5.32 Å². The minimum absolute atomic E-state index is 0.127. The number of aliphatic hydroxyl groups excluding tert-OH is 1. The van der Waals surface area contributed by atoms with Crippen molar-refractivity contribution >= 4 is 22.0 Å². The number of anilines is 1. The van der Waals surface area contributed by atoms with Crippen molar-refractivity contribution in [2.75, 3.05) is 18.5 Å². The number of aliphatic hydroxyl groups is 1. The van der Waals surface area contributed by atoms with Crippen molar-refractivity contribution < 1.29 is 5.11 Å². The van der Waals surface area contributed by atoms with Gasteiger partial charge in [-0.25, -0.2) is 0 Å². The van der Waals surface area contributed by atoms with E-state index in [4.69, 9.17) is 5.11 Å². The lowest BCUT2D eigenvalue weighted by Crippen LogP contribution is -2.04. The molecule has 4 rings (SSSR count). The van der Waals surface area contributed by atoms with Crippen molar-refractivity contribution in [3.8, 4) is 10.6 Å². The number of nitrogens with zero attached hydrogens (tertiary/aromatic N) is 4. The molecule has 0 amide bonds. The normalized spacial score (nSPS) is 14.7. The molecule has 3 aromatic rings. The van der Waals surface area contributed by atoms with Crippen molar-refractivity contribution in [3.05, 3.63) is 30.1 Å². The van der Waals surface area contributed by atoms with Crippen LogP contribution in [0.3, 0.4) is 0 Å². The van der Waals surface area contributed by atoms with E-state index in [0.29, 0.717) is 12.5 Å². The van der Waals surface area contributed by atoms with Crippen LogP contribution >= 0.6 is 11.3 Å². The smallest absolute Gasteiger partial charge is 0.234 e. The zero-order valence-electron chi connectivity index (χ0n) is 11.4. The second kappa shape index (κ2) is 5.09. The molecule has 1 aromatic carbocycles. The Kier molecular flexibility index (Phi) is 3.08. The highest BCUT2D eigenvalue weighted by Crippen LogP contribution is 2.39. The van der Waals surface area contributed by atoms with Gasteiger partial charge >= 0.3 is 0 Å². The van der Waals surface area contributed by atoms with Crippen LogP contribution in [0.4, 0.5) is 5.69 Å². The molecule has 0 bridgehead atoms. The van der Waals surface area contributed by atoms with E-state index in [0.717, 1.165) is 27.0 Å². The predicted molar refractivity (Wildman–Crippen MR) is 81.6 cm³/mol. The summed E-state index contributed by atoms with van der Waals surface area (Å²) in [5, 5.41) is 26.0. The standard InChI is InChI=1S/C14H15N5OS/c20-8-7-15-11-5-3-10(4-6-11)13-18-19-12(9-1-2-9)16-17-14(19)21-13/h3-6,9,15,20H,1-2,7-8H2. The molecule has 2 N–H and O–H groups in total. The Morgan fingerprint density at radius 3 is 2.76 bits per heavy atom. The number of nitrogens with one attached hydrogen (secondary N) is 1. The van der Waals surface area contributed by atoms with Gasteiger partial charge in [0.05, 0.1) is 6.61 Å². The van der Waals surface area contributed by atoms with E-state index in [1.54, 1.807) is 11.3 Å². The van der Waals surface area contributed by atoms with E-state index < -0.39 is 0 Å². The first-order valence-electron chi connectivity index (χ1n) is 7.02. The maximum atomic E-state index is 8.81. The number of benzene rings is 1. The van der Waals surface area contributed by atoms with E-state index >= 15 is 0 Å². The molecule has 0 aliphatic heterocycles. The first kappa shape index (κ1) is 12.7. The molecule has 1 fully saturated rings. The first-order valence-corrected chi connectivity index (χ1v) is 7.84. The summed E-state index contributed by atoms with van der Waals surface area (Å²) in [6.07, 6.45) is 2.39. The van der Waals surface area contributed by atoms with Gasteiger partial charge in [0, 0.05) is 23.7 Å². The van der Waals surface area contributed by atoms with Crippen LogP contribution in [0.25, 0.3) is 15.5 Å². The maximum absolute atomic E-state index is 8.81. The lowest BCUT2D eigenvalue weighted by Gasteiger charge is -2.04. The molecule has 7 heteroatoms. The molecule has 0 unspecified atom stereocenters. The van der Waals surface area contributed by atoms with E-state index in [1.807, 2.05) is 28.8 Å². The Labute approximate surface area is 125 Å². The van der Waals surface area contributed by atoms with Crippen LogP contribution in [0, 0.1) is 0 Å². The van der Waals surface area contributed by atoms with Gasteiger partial charge in [-0.15, -0.1) is 10.2 Å². The minimum atomic E-state index is 0.127. The van der Waals surface area contributed by atoms with Crippen LogP contribution in [-0.4, -0.2) is 38.1 Å². The Balaban J connectivity index is 1.63. The molecular formula is C14H15N5OS. The second-order valence-corrected chi connectivity index (χ2v) is 6.12. The lowest BCUT2D eigenvalue weighted by molar-refractivity contribution is 0.311. The summed E-state index contributed by atoms with van der Waals surface area (Å²) < 4.78 is 1.88. The monoisotopic (exact) mass is 301 g/mol. The maximum Gasteiger partial charge on any atom is 0.234 e. The third-order valence-corrected chi connectivity index (χ3v) is 4.48. The van der Waals surface area contributed by atoms with Crippen molar-refractivity contribution in [3.63, 3.8) is 0 Å². The molecule has 0 radical (unpaired) electrons. The molecular weight excluding hydrogens is 286 g/mol. The molecule has 21 heavy (non-hydrogen) atoms. The van der Waals surface area contributed by atoms with Crippen LogP contribution in [0.5, 0.6) is 0 Å². The highest BCUT2D eigenvalue weighted by atomic mass is 32.1. The second-order valence-electron chi connectivity index (χ2n) is 5.16. The average molecular weight is 301 g/mol. The summed E-state index contributed by atoms with van der Waals surface area (Å²) in [6, 6.07) is 8.05. The fourth-order valence-corrected chi connectivity index (χ4v) is 3.13. The van der Waals surface area contributed by atoms with Gasteiger partial charge < -0.3 is 10.4 Å². The molecule has 2 heterocycles. The van der Waals surface area contributed by atoms with Gasteiger partial charge in [-0.1, -0.05) is 11.3 Å². The molecule has 1 aliphatic carbocycles. The highest BCUT2D eigenvalue weighted by Gasteiger charge is 2.30. The summed E-state index contributed by atoms with van der Waals surface area (Å²) in [5.41, 5.74) is 2.07. The largest absolute Gasteiger partial charge is 0.395 e. The van der Waals surface area contributed by atoms with E-state index in [9.17, 15) is 0 Å². The van der Waals surface area contributed by atoms with E-state index in [-0.39, 0.29) is 6.61 Å². The Bertz CT molecular complexity index is 759. The third kappa shape index (κ3) is 2.38. The van der Waals surface area contributed by atoms with Gasteiger partial charge in [0.1, 0.15) is 5.01 Å². The van der Waals surface area contributed by atoms with Crippen molar-refractivity contribution in [1.82, 2.24) is 19.8 Å². The average Bonchev–Trinajstić information content (AvgIpc) is 3.14. The van der Waals surface area contributed by atoms with Gasteiger partial charge in [0.2, 0.25) is 4.96 Å². The van der Waals surface area contributed by atoms with Gasteiger partial charge in [-0.05, 0) is 37.1 Å². The molecule has 6 nitrogen and oxygen atoms in total. The summed E-state index contributed by atoms with van der Waals surface area (Å²) in [4.78, 5) is 0.856. The number of aromatic nitrogens is 4. The number of fused-ring (bicyclic) bond motifs is 1. The van der Waals surface area contributed by atoms with Gasteiger partial charge in [-0.2, -0.15) is 9.61 Å². The molecule has 0 atom stereocenters. The van der Waals surface area contributed by atoms with Crippen LogP contribution in [-0.2, 0) is 0 Å². The minimum Gasteiger partial charge on any atom is -0.395 e. The molecule has 0 saturated heterocycles. The molecule has 1 aliphatic rings. The Hall–Kier alpha value is -1.99. The number of rotatable bonds is 5. The Morgan fingerprint density at radius 1 is 1.24 bits per heavy atom. The zero-order valence-corrected chi connectivity index (χ0v) is 12.2. The van der Waals surface area contributed by atoms with Gasteiger partial charge in [-0.3, -0.25) is 0 Å². The number of hydrogen-bond acceptors (Lipinski definition) is 6. The predicted octanol–water partition coefficient (Wildman–Crippen LogP) is 2.13. The zero-order chi connectivity index (χ0) is 14.2. The van der Waals surface area contributed by atoms with Crippen molar-refractivity contribution in [2.24, 2.45) is 0 Å². The van der Waals surface area contributed by atoms with E-state index in [2.05, 4.69) is 20.6 Å². The van der Waals surface area contributed by atoms with Crippen LogP contribution in [0.1, 0.15) is 24.6 Å². The molecule has 2 aromatic heterocycles. The van der Waals surface area contributed by atoms with Crippen LogP contribution in [0.2, 0.25) is 0 Å². The summed E-state index contributed by atoms with van der Waals surface area (Å²) >= 11 is 1.56. The number of hydrogen-bond donors (Lipinski definition) is 2. The summed E-state index contributed by atoms with van der Waals surface area (Å²) in [6.45, 7) is 0.684. The van der Waals surface area contributed by atoms with Gasteiger partial charge in [0.15, 0.2) is 5.82 Å². The molecule has 1 saturated carbocycles. The van der Waals surface area contributed by atoms with Crippen LogP contribution in [0.15, 0.2) is 24.3 Å². The van der Waals surface area contributed by atoms with Gasteiger partial charge in [0.25, 0.3) is 0 Å². The molecule has 108 valence electrons. The highest BCUT2D eigenvalue weighted by molar-refractivity contribution is 7.19. The SMILES string of the molecule is OCCNc1ccc(-c2nn3c(C4CC4)nnc3s2)cc1. The quantitative estimate of drug-likeness (QED) is 0.755. The van der Waals surface area contributed by atoms with Crippen molar-refractivity contribution in [1.29, 1.82) is 0 Å². The summed E-state index contributed by atoms with van der Waals surface area (Å²) in [5.74, 6) is 1.54. The fraction of sp³-hybridized carbons (Fsp3) is 0.357. The topological polar surface area (TPSA) is 75.3 Å². The summed E-state index contributed by atoms with van der Waals surface area (Å²) in [7, 11) is 0. The van der Waals surface area contributed by atoms with Crippen molar-refractivity contribution in [2.45, 2.75) is 18.8 Å². The Morgan fingerprint density at radius 2 is 2.05 bits per heavy atom. The third-order valence-electron chi connectivity index (χ3n) is 3.53. The fourth-order valence-electron chi connectivity index (χ4n) is 2.28. The van der Waals surface area contributed by atoms with E-state index in [1.165, 1.54) is 12.8 Å².